The lowest BCUT2D eigenvalue weighted by Gasteiger charge is -2.36. The molecule has 0 radical (unpaired) electrons. The quantitative estimate of drug-likeness (QED) is 0.770. The molecule has 1 aromatic carbocycles. The molecule has 1 aliphatic heterocycles. The zero-order valence-corrected chi connectivity index (χ0v) is 17.0. The lowest BCUT2D eigenvalue weighted by Crippen LogP contribution is -2.45. The van der Waals surface area contributed by atoms with Crippen LogP contribution >= 0.6 is 11.8 Å². The van der Waals surface area contributed by atoms with Crippen LogP contribution in [0.4, 0.5) is 0 Å². The second-order valence-electron chi connectivity index (χ2n) is 7.56. The van der Waals surface area contributed by atoms with Gasteiger partial charge in [0.1, 0.15) is 0 Å². The van der Waals surface area contributed by atoms with Gasteiger partial charge in [-0.1, -0.05) is 43.8 Å². The number of para-hydroxylation sites is 1. The van der Waals surface area contributed by atoms with Crippen LogP contribution in [0.2, 0.25) is 0 Å². The van der Waals surface area contributed by atoms with Gasteiger partial charge in [0, 0.05) is 13.1 Å². The number of likely N-dealkylation sites (tertiary alicyclic amines) is 1. The molecule has 0 N–H and O–H groups in total. The molecule has 3 atom stereocenters. The first-order chi connectivity index (χ1) is 12.4. The van der Waals surface area contributed by atoms with E-state index in [0.29, 0.717) is 17.0 Å². The standard InChI is InChI=1S/C19H27N5OS/c1-12-9-13(2)11-23(10-12)18(25)16(5)26-19-20-21-22-24(19)17-14(3)7-6-8-15(17)4/h6-8,12-13,16H,9-11H2,1-5H3/t12-,13-,16+/m0/s1. The molecule has 1 saturated heterocycles. The Morgan fingerprint density at radius 1 is 1.19 bits per heavy atom. The Kier molecular flexibility index (Phi) is 5.65. The van der Waals surface area contributed by atoms with E-state index in [1.54, 1.807) is 4.68 Å². The number of aromatic nitrogens is 4. The number of amides is 1. The fourth-order valence-electron chi connectivity index (χ4n) is 3.84. The predicted molar refractivity (Wildman–Crippen MR) is 103 cm³/mol. The molecule has 1 amide bonds. The van der Waals surface area contributed by atoms with Crippen LogP contribution in [0.3, 0.4) is 0 Å². The lowest BCUT2D eigenvalue weighted by atomic mass is 9.92. The third-order valence-electron chi connectivity index (χ3n) is 4.90. The lowest BCUT2D eigenvalue weighted by molar-refractivity contribution is -0.132. The van der Waals surface area contributed by atoms with Gasteiger partial charge in [-0.25, -0.2) is 0 Å². The van der Waals surface area contributed by atoms with E-state index in [2.05, 4.69) is 29.4 Å². The Morgan fingerprint density at radius 3 is 2.42 bits per heavy atom. The summed E-state index contributed by atoms with van der Waals surface area (Å²) >= 11 is 1.43. The maximum absolute atomic E-state index is 12.9. The van der Waals surface area contributed by atoms with Gasteiger partial charge in [0.25, 0.3) is 0 Å². The number of aryl methyl sites for hydroxylation is 2. The maximum atomic E-state index is 12.9. The monoisotopic (exact) mass is 373 g/mol. The normalized spacial score (nSPS) is 21.7. The largest absolute Gasteiger partial charge is 0.341 e. The van der Waals surface area contributed by atoms with Gasteiger partial charge in [0.2, 0.25) is 11.1 Å². The maximum Gasteiger partial charge on any atom is 0.235 e. The summed E-state index contributed by atoms with van der Waals surface area (Å²) in [6, 6.07) is 6.11. The van der Waals surface area contributed by atoms with Gasteiger partial charge in [-0.3, -0.25) is 4.79 Å². The predicted octanol–water partition coefficient (Wildman–Crippen LogP) is 3.26. The SMILES string of the molecule is Cc1cccc(C)c1-n1nnnc1S[C@H](C)C(=O)N1C[C@@H](C)C[C@H](C)C1. The molecule has 26 heavy (non-hydrogen) atoms. The van der Waals surface area contributed by atoms with Crippen molar-refractivity contribution in [1.29, 1.82) is 0 Å². The number of nitrogens with zero attached hydrogens (tertiary/aromatic N) is 5. The van der Waals surface area contributed by atoms with E-state index < -0.39 is 0 Å². The number of piperidine rings is 1. The molecule has 1 fully saturated rings. The van der Waals surface area contributed by atoms with Gasteiger partial charge in [0.15, 0.2) is 0 Å². The molecule has 1 aromatic heterocycles. The van der Waals surface area contributed by atoms with Crippen LogP contribution in [0, 0.1) is 25.7 Å². The van der Waals surface area contributed by atoms with Gasteiger partial charge in [0.05, 0.1) is 10.9 Å². The molecule has 2 aromatic rings. The number of benzene rings is 1. The van der Waals surface area contributed by atoms with Gasteiger partial charge in [-0.05, 0) is 60.6 Å². The Hall–Kier alpha value is -1.89. The zero-order valence-electron chi connectivity index (χ0n) is 16.1. The van der Waals surface area contributed by atoms with Crippen molar-refractivity contribution in [2.75, 3.05) is 13.1 Å². The van der Waals surface area contributed by atoms with Crippen molar-refractivity contribution in [1.82, 2.24) is 25.1 Å². The van der Waals surface area contributed by atoms with Crippen LogP contribution in [0.15, 0.2) is 23.4 Å². The van der Waals surface area contributed by atoms with E-state index in [9.17, 15) is 4.79 Å². The topological polar surface area (TPSA) is 63.9 Å². The number of hydrogen-bond donors (Lipinski definition) is 0. The van der Waals surface area contributed by atoms with Crippen LogP contribution in [0.5, 0.6) is 0 Å². The van der Waals surface area contributed by atoms with Crippen LogP contribution in [0.25, 0.3) is 5.69 Å². The summed E-state index contributed by atoms with van der Waals surface area (Å²) in [5, 5.41) is 12.6. The smallest absolute Gasteiger partial charge is 0.235 e. The molecule has 0 spiro atoms. The van der Waals surface area contributed by atoms with E-state index in [1.165, 1.54) is 18.2 Å². The van der Waals surface area contributed by atoms with Crippen molar-refractivity contribution in [3.63, 3.8) is 0 Å². The first kappa shape index (κ1) is 18.9. The van der Waals surface area contributed by atoms with Gasteiger partial charge in [-0.15, -0.1) is 5.10 Å². The Labute approximate surface area is 159 Å². The van der Waals surface area contributed by atoms with E-state index >= 15 is 0 Å². The van der Waals surface area contributed by atoms with Crippen LogP contribution in [-0.4, -0.2) is 49.4 Å². The second kappa shape index (κ2) is 7.78. The number of tetrazole rings is 1. The van der Waals surface area contributed by atoms with Crippen molar-refractivity contribution >= 4 is 17.7 Å². The molecule has 1 aliphatic rings. The van der Waals surface area contributed by atoms with Crippen molar-refractivity contribution < 1.29 is 4.79 Å². The van der Waals surface area contributed by atoms with Crippen LogP contribution < -0.4 is 0 Å². The van der Waals surface area contributed by atoms with Crippen LogP contribution in [-0.2, 0) is 4.79 Å². The van der Waals surface area contributed by atoms with E-state index in [0.717, 1.165) is 29.9 Å². The van der Waals surface area contributed by atoms with Crippen molar-refractivity contribution in [3.8, 4) is 5.69 Å². The molecule has 0 bridgehead atoms. The first-order valence-corrected chi connectivity index (χ1v) is 10.0. The minimum Gasteiger partial charge on any atom is -0.341 e. The van der Waals surface area contributed by atoms with Crippen molar-refractivity contribution in [2.24, 2.45) is 11.8 Å². The van der Waals surface area contributed by atoms with Crippen LogP contribution in [0.1, 0.15) is 38.3 Å². The highest BCUT2D eigenvalue weighted by atomic mass is 32.2. The summed E-state index contributed by atoms with van der Waals surface area (Å²) in [4.78, 5) is 14.9. The highest BCUT2D eigenvalue weighted by molar-refractivity contribution is 8.00. The summed E-state index contributed by atoms with van der Waals surface area (Å²) in [7, 11) is 0. The van der Waals surface area contributed by atoms with Crippen molar-refractivity contribution in [3.05, 3.63) is 29.3 Å². The Balaban J connectivity index is 1.78. The number of hydrogen-bond acceptors (Lipinski definition) is 5. The highest BCUT2D eigenvalue weighted by Gasteiger charge is 2.29. The minimum atomic E-state index is -0.221. The highest BCUT2D eigenvalue weighted by Crippen LogP contribution is 2.29. The number of thioether (sulfide) groups is 1. The summed E-state index contributed by atoms with van der Waals surface area (Å²) in [5.41, 5.74) is 3.20. The van der Waals surface area contributed by atoms with Gasteiger partial charge in [-0.2, -0.15) is 4.68 Å². The molecule has 140 valence electrons. The molecule has 3 rings (SSSR count). The third-order valence-corrected chi connectivity index (χ3v) is 5.92. The molecule has 0 aliphatic carbocycles. The fraction of sp³-hybridized carbons (Fsp3) is 0.579. The molecule has 2 heterocycles. The van der Waals surface area contributed by atoms with Crippen molar-refractivity contribution in [2.45, 2.75) is 51.4 Å². The van der Waals surface area contributed by atoms with E-state index in [1.807, 2.05) is 43.9 Å². The fourth-order valence-corrected chi connectivity index (χ4v) is 4.72. The number of rotatable bonds is 4. The molecule has 7 heteroatoms. The van der Waals surface area contributed by atoms with Gasteiger partial charge >= 0.3 is 0 Å². The number of carbonyl (C=O) groups excluding carboxylic acids is 1. The Bertz CT molecular complexity index is 760. The summed E-state index contributed by atoms with van der Waals surface area (Å²) in [5.74, 6) is 1.28. The summed E-state index contributed by atoms with van der Waals surface area (Å²) in [6.45, 7) is 12.2. The third kappa shape index (κ3) is 3.92. The average molecular weight is 374 g/mol. The average Bonchev–Trinajstić information content (AvgIpc) is 3.01. The summed E-state index contributed by atoms with van der Waals surface area (Å²) in [6.07, 6.45) is 1.19. The molecule has 6 nitrogen and oxygen atoms in total. The zero-order chi connectivity index (χ0) is 18.8. The molecule has 0 saturated carbocycles. The van der Waals surface area contributed by atoms with E-state index in [4.69, 9.17) is 0 Å². The van der Waals surface area contributed by atoms with E-state index in [-0.39, 0.29) is 11.2 Å². The molecular weight excluding hydrogens is 346 g/mol. The Morgan fingerprint density at radius 2 is 1.81 bits per heavy atom. The number of carbonyl (C=O) groups is 1. The molecule has 0 unspecified atom stereocenters. The summed E-state index contributed by atoms with van der Waals surface area (Å²) < 4.78 is 1.75. The second-order valence-corrected chi connectivity index (χ2v) is 8.87. The molecular formula is C19H27N5OS. The van der Waals surface area contributed by atoms with Gasteiger partial charge < -0.3 is 4.90 Å². The minimum absolute atomic E-state index is 0.171. The first-order valence-electron chi connectivity index (χ1n) is 9.17.